The Hall–Kier alpha value is -2.50. The van der Waals surface area contributed by atoms with E-state index in [1.807, 2.05) is 0 Å². The zero-order valence-corrected chi connectivity index (χ0v) is 9.46. The second kappa shape index (κ2) is 6.29. The predicted octanol–water partition coefficient (Wildman–Crippen LogP) is 1.62. The van der Waals surface area contributed by atoms with E-state index in [2.05, 4.69) is 6.58 Å². The zero-order valence-electron chi connectivity index (χ0n) is 9.46. The lowest BCUT2D eigenvalue weighted by Crippen LogP contribution is -2.07. The highest BCUT2D eigenvalue weighted by atomic mass is 16.5. The molecule has 0 heterocycles. The van der Waals surface area contributed by atoms with Crippen molar-refractivity contribution in [2.75, 3.05) is 13.2 Å². The first kappa shape index (κ1) is 13.6. The summed E-state index contributed by atoms with van der Waals surface area (Å²) in [5, 5.41) is 17.7. The van der Waals surface area contributed by atoms with Gasteiger partial charge in [0.2, 0.25) is 0 Å². The molecule has 6 heteroatoms. The Kier molecular flexibility index (Phi) is 4.74. The molecule has 0 amide bonds. The van der Waals surface area contributed by atoms with Crippen LogP contribution in [0.5, 0.6) is 5.75 Å². The van der Waals surface area contributed by atoms with E-state index in [1.165, 1.54) is 18.4 Å². The molecule has 0 spiro atoms. The average molecular weight is 252 g/mol. The van der Waals surface area contributed by atoms with Gasteiger partial charge in [-0.25, -0.2) is 9.59 Å². The monoisotopic (exact) mass is 252 g/mol. The van der Waals surface area contributed by atoms with Crippen molar-refractivity contribution in [2.45, 2.75) is 0 Å². The maximum absolute atomic E-state index is 10.8. The van der Waals surface area contributed by atoms with E-state index in [1.54, 1.807) is 0 Å². The standard InChI is InChI=1S/C12H12O6/c1-2-17-3-4-18-10-6-8(11(13)14)5-9(7-10)12(15)16/h2,5-7H,1,3-4H2,(H,13,14)(H,15,16). The van der Waals surface area contributed by atoms with Crippen LogP contribution >= 0.6 is 0 Å². The molecule has 96 valence electrons. The Balaban J connectivity index is 2.86. The second-order valence-electron chi connectivity index (χ2n) is 3.24. The molecule has 0 fully saturated rings. The van der Waals surface area contributed by atoms with E-state index in [0.29, 0.717) is 0 Å². The molecule has 0 saturated carbocycles. The van der Waals surface area contributed by atoms with Crippen molar-refractivity contribution in [3.63, 3.8) is 0 Å². The van der Waals surface area contributed by atoms with Gasteiger partial charge in [0, 0.05) is 0 Å². The number of carboxylic acid groups (broad SMARTS) is 2. The zero-order chi connectivity index (χ0) is 13.5. The van der Waals surface area contributed by atoms with Crippen LogP contribution in [0.4, 0.5) is 0 Å². The van der Waals surface area contributed by atoms with Gasteiger partial charge < -0.3 is 19.7 Å². The summed E-state index contributed by atoms with van der Waals surface area (Å²) in [6.07, 6.45) is 1.25. The molecule has 0 radical (unpaired) electrons. The van der Waals surface area contributed by atoms with Crippen LogP contribution in [0.15, 0.2) is 31.0 Å². The van der Waals surface area contributed by atoms with Crippen LogP contribution in [0.25, 0.3) is 0 Å². The van der Waals surface area contributed by atoms with Gasteiger partial charge in [-0.05, 0) is 18.2 Å². The average Bonchev–Trinajstić information content (AvgIpc) is 2.34. The molecule has 6 nitrogen and oxygen atoms in total. The normalized spacial score (nSPS) is 9.56. The van der Waals surface area contributed by atoms with Crippen molar-refractivity contribution in [2.24, 2.45) is 0 Å². The number of rotatable bonds is 7. The van der Waals surface area contributed by atoms with Gasteiger partial charge in [0.15, 0.2) is 0 Å². The number of carbonyl (C=O) groups is 2. The number of aromatic carboxylic acids is 2. The van der Waals surface area contributed by atoms with Crippen LogP contribution in [0.3, 0.4) is 0 Å². The minimum Gasteiger partial charge on any atom is -0.498 e. The first-order valence-corrected chi connectivity index (χ1v) is 5.01. The summed E-state index contributed by atoms with van der Waals surface area (Å²) in [6.45, 7) is 3.75. The highest BCUT2D eigenvalue weighted by Crippen LogP contribution is 2.17. The summed E-state index contributed by atoms with van der Waals surface area (Å²) in [6, 6.07) is 3.57. The molecule has 1 rings (SSSR count). The van der Waals surface area contributed by atoms with E-state index < -0.39 is 11.9 Å². The summed E-state index contributed by atoms with van der Waals surface area (Å²) in [5.74, 6) is -2.27. The fraction of sp³-hybridized carbons (Fsp3) is 0.167. The third-order valence-corrected chi connectivity index (χ3v) is 1.99. The summed E-state index contributed by atoms with van der Waals surface area (Å²) in [7, 11) is 0. The van der Waals surface area contributed by atoms with E-state index in [-0.39, 0.29) is 30.1 Å². The quantitative estimate of drug-likeness (QED) is 0.565. The Morgan fingerprint density at radius 3 is 2.11 bits per heavy atom. The van der Waals surface area contributed by atoms with Crippen molar-refractivity contribution in [3.8, 4) is 5.75 Å². The lowest BCUT2D eigenvalue weighted by atomic mass is 10.1. The van der Waals surface area contributed by atoms with Crippen LogP contribution in [0.2, 0.25) is 0 Å². The summed E-state index contributed by atoms with van der Waals surface area (Å²) in [5.41, 5.74) is -0.288. The number of ether oxygens (including phenoxy) is 2. The van der Waals surface area contributed by atoms with Gasteiger partial charge in [-0.3, -0.25) is 0 Å². The van der Waals surface area contributed by atoms with Gasteiger partial charge in [-0.15, -0.1) is 0 Å². The van der Waals surface area contributed by atoms with Crippen LogP contribution in [-0.4, -0.2) is 35.4 Å². The van der Waals surface area contributed by atoms with E-state index in [4.69, 9.17) is 19.7 Å². The van der Waals surface area contributed by atoms with E-state index in [0.717, 1.165) is 6.07 Å². The predicted molar refractivity (Wildman–Crippen MR) is 62.0 cm³/mol. The molecule has 0 aromatic heterocycles. The van der Waals surface area contributed by atoms with E-state index >= 15 is 0 Å². The van der Waals surface area contributed by atoms with Gasteiger partial charge in [-0.2, -0.15) is 0 Å². The van der Waals surface area contributed by atoms with Crippen LogP contribution in [0, 0.1) is 0 Å². The molecule has 18 heavy (non-hydrogen) atoms. The molecule has 0 saturated heterocycles. The van der Waals surface area contributed by atoms with Crippen molar-refractivity contribution in [1.29, 1.82) is 0 Å². The maximum Gasteiger partial charge on any atom is 0.335 e. The third-order valence-electron chi connectivity index (χ3n) is 1.99. The fourth-order valence-electron chi connectivity index (χ4n) is 1.22. The molecular formula is C12H12O6. The fourth-order valence-corrected chi connectivity index (χ4v) is 1.22. The smallest absolute Gasteiger partial charge is 0.335 e. The Bertz CT molecular complexity index is 433. The van der Waals surface area contributed by atoms with Crippen molar-refractivity contribution in [3.05, 3.63) is 42.2 Å². The first-order chi connectivity index (χ1) is 8.54. The van der Waals surface area contributed by atoms with Crippen LogP contribution < -0.4 is 4.74 Å². The molecule has 1 aromatic rings. The Morgan fingerprint density at radius 1 is 1.11 bits per heavy atom. The largest absolute Gasteiger partial charge is 0.498 e. The molecule has 1 aromatic carbocycles. The van der Waals surface area contributed by atoms with Gasteiger partial charge in [-0.1, -0.05) is 6.58 Å². The van der Waals surface area contributed by atoms with Gasteiger partial charge >= 0.3 is 11.9 Å². The molecule has 0 bridgehead atoms. The summed E-state index contributed by atoms with van der Waals surface area (Å²) < 4.78 is 10.0. The van der Waals surface area contributed by atoms with Crippen molar-refractivity contribution >= 4 is 11.9 Å². The second-order valence-corrected chi connectivity index (χ2v) is 3.24. The number of hydrogen-bond donors (Lipinski definition) is 2. The summed E-state index contributed by atoms with van der Waals surface area (Å²) >= 11 is 0. The molecule has 2 N–H and O–H groups in total. The highest BCUT2D eigenvalue weighted by Gasteiger charge is 2.11. The molecular weight excluding hydrogens is 240 g/mol. The van der Waals surface area contributed by atoms with Gasteiger partial charge in [0.05, 0.1) is 17.4 Å². The minimum absolute atomic E-state index is 0.144. The Labute approximate surface area is 103 Å². The number of carboxylic acids is 2. The van der Waals surface area contributed by atoms with Gasteiger partial charge in [0.25, 0.3) is 0 Å². The first-order valence-electron chi connectivity index (χ1n) is 5.01. The van der Waals surface area contributed by atoms with Crippen molar-refractivity contribution in [1.82, 2.24) is 0 Å². The highest BCUT2D eigenvalue weighted by molar-refractivity contribution is 5.94. The molecule has 0 atom stereocenters. The van der Waals surface area contributed by atoms with Crippen LogP contribution in [-0.2, 0) is 4.74 Å². The SMILES string of the molecule is C=COCCOc1cc(C(=O)O)cc(C(=O)O)c1. The van der Waals surface area contributed by atoms with E-state index in [9.17, 15) is 9.59 Å². The van der Waals surface area contributed by atoms with Crippen LogP contribution in [0.1, 0.15) is 20.7 Å². The minimum atomic E-state index is -1.22. The maximum atomic E-state index is 10.8. The Morgan fingerprint density at radius 2 is 1.67 bits per heavy atom. The summed E-state index contributed by atoms with van der Waals surface area (Å²) in [4.78, 5) is 21.6. The number of benzene rings is 1. The molecule has 0 unspecified atom stereocenters. The number of hydrogen-bond acceptors (Lipinski definition) is 4. The van der Waals surface area contributed by atoms with Gasteiger partial charge in [0.1, 0.15) is 19.0 Å². The third kappa shape index (κ3) is 3.82. The topological polar surface area (TPSA) is 93.1 Å². The van der Waals surface area contributed by atoms with Crippen molar-refractivity contribution < 1.29 is 29.3 Å². The lowest BCUT2D eigenvalue weighted by molar-refractivity contribution is 0.0696. The molecule has 0 aliphatic rings. The molecule has 0 aliphatic carbocycles. The lowest BCUT2D eigenvalue weighted by Gasteiger charge is -2.08. The molecule has 0 aliphatic heterocycles.